The summed E-state index contributed by atoms with van der Waals surface area (Å²) >= 11 is 0. The van der Waals surface area contributed by atoms with Crippen molar-refractivity contribution in [3.05, 3.63) is 17.8 Å². The highest BCUT2D eigenvalue weighted by Gasteiger charge is 2.29. The van der Waals surface area contributed by atoms with Crippen LogP contribution < -0.4 is 16.0 Å². The Bertz CT molecular complexity index is 615. The number of amides is 2. The van der Waals surface area contributed by atoms with E-state index in [-0.39, 0.29) is 17.9 Å². The summed E-state index contributed by atoms with van der Waals surface area (Å²) in [6.45, 7) is 3.48. The quantitative estimate of drug-likeness (QED) is 0.767. The van der Waals surface area contributed by atoms with Gasteiger partial charge in [-0.25, -0.2) is 0 Å². The second-order valence-corrected chi connectivity index (χ2v) is 6.96. The van der Waals surface area contributed by atoms with Crippen LogP contribution in [0.2, 0.25) is 0 Å². The molecule has 8 heteroatoms. The van der Waals surface area contributed by atoms with E-state index in [2.05, 4.69) is 20.4 Å². The van der Waals surface area contributed by atoms with Crippen LogP contribution in [-0.2, 0) is 4.79 Å². The molecule has 2 amide bonds. The van der Waals surface area contributed by atoms with E-state index in [0.717, 1.165) is 38.2 Å². The molecule has 26 heavy (non-hydrogen) atoms. The summed E-state index contributed by atoms with van der Waals surface area (Å²) in [4.78, 5) is 28.6. The SMILES string of the molecule is NCCC(=O)NCC1CCCCN1C(=O)c1ccc(N2CCCC2)nn1. The molecule has 2 aliphatic rings. The van der Waals surface area contributed by atoms with Crippen LogP contribution in [0.1, 0.15) is 49.0 Å². The van der Waals surface area contributed by atoms with E-state index in [1.165, 1.54) is 12.8 Å². The van der Waals surface area contributed by atoms with Crippen molar-refractivity contribution in [3.63, 3.8) is 0 Å². The number of rotatable bonds is 6. The van der Waals surface area contributed by atoms with Crippen molar-refractivity contribution in [3.8, 4) is 0 Å². The van der Waals surface area contributed by atoms with Gasteiger partial charge in [0.05, 0.1) is 0 Å². The highest BCUT2D eigenvalue weighted by atomic mass is 16.2. The number of anilines is 1. The first-order valence-corrected chi connectivity index (χ1v) is 9.55. The third kappa shape index (κ3) is 4.49. The first kappa shape index (κ1) is 18.6. The van der Waals surface area contributed by atoms with Crippen molar-refractivity contribution in [1.29, 1.82) is 0 Å². The molecule has 1 aromatic rings. The zero-order valence-electron chi connectivity index (χ0n) is 15.2. The van der Waals surface area contributed by atoms with E-state index in [1.54, 1.807) is 6.07 Å². The van der Waals surface area contributed by atoms with Gasteiger partial charge >= 0.3 is 0 Å². The van der Waals surface area contributed by atoms with Gasteiger partial charge in [0.15, 0.2) is 11.5 Å². The highest BCUT2D eigenvalue weighted by Crippen LogP contribution is 2.20. The first-order chi connectivity index (χ1) is 12.7. The number of hydrogen-bond donors (Lipinski definition) is 2. The second-order valence-electron chi connectivity index (χ2n) is 6.96. The van der Waals surface area contributed by atoms with Crippen molar-refractivity contribution in [2.75, 3.05) is 37.6 Å². The van der Waals surface area contributed by atoms with Crippen molar-refractivity contribution < 1.29 is 9.59 Å². The number of piperidine rings is 1. The lowest BCUT2D eigenvalue weighted by molar-refractivity contribution is -0.121. The Morgan fingerprint density at radius 3 is 2.58 bits per heavy atom. The molecule has 1 aromatic heterocycles. The summed E-state index contributed by atoms with van der Waals surface area (Å²) in [6, 6.07) is 3.65. The fourth-order valence-electron chi connectivity index (χ4n) is 3.63. The van der Waals surface area contributed by atoms with Crippen molar-refractivity contribution >= 4 is 17.6 Å². The number of hydrogen-bond acceptors (Lipinski definition) is 6. The lowest BCUT2D eigenvalue weighted by Gasteiger charge is -2.35. The average molecular weight is 360 g/mol. The minimum atomic E-state index is -0.108. The van der Waals surface area contributed by atoms with E-state index < -0.39 is 0 Å². The van der Waals surface area contributed by atoms with Crippen LogP contribution in [0.5, 0.6) is 0 Å². The summed E-state index contributed by atoms with van der Waals surface area (Å²) in [5, 5.41) is 11.3. The molecule has 3 heterocycles. The fourth-order valence-corrected chi connectivity index (χ4v) is 3.63. The van der Waals surface area contributed by atoms with Gasteiger partial charge in [-0.2, -0.15) is 0 Å². The average Bonchev–Trinajstić information content (AvgIpc) is 3.21. The van der Waals surface area contributed by atoms with E-state index in [0.29, 0.717) is 31.7 Å². The molecule has 142 valence electrons. The number of likely N-dealkylation sites (tertiary alicyclic amines) is 1. The Morgan fingerprint density at radius 2 is 1.88 bits per heavy atom. The summed E-state index contributed by atoms with van der Waals surface area (Å²) in [5.74, 6) is 0.659. The smallest absolute Gasteiger partial charge is 0.274 e. The molecule has 0 aliphatic carbocycles. The summed E-state index contributed by atoms with van der Waals surface area (Å²) in [7, 11) is 0. The van der Waals surface area contributed by atoms with Gasteiger partial charge in [-0.15, -0.1) is 10.2 Å². The molecule has 0 radical (unpaired) electrons. The number of nitrogens with zero attached hydrogens (tertiary/aromatic N) is 4. The molecule has 0 bridgehead atoms. The predicted octanol–water partition coefficient (Wildman–Crippen LogP) is 0.537. The molecule has 8 nitrogen and oxygen atoms in total. The zero-order chi connectivity index (χ0) is 18.4. The van der Waals surface area contributed by atoms with Crippen LogP contribution in [0.25, 0.3) is 0 Å². The maximum atomic E-state index is 12.9. The van der Waals surface area contributed by atoms with Gasteiger partial charge in [0.25, 0.3) is 5.91 Å². The van der Waals surface area contributed by atoms with Crippen LogP contribution in [0.4, 0.5) is 5.82 Å². The third-order valence-electron chi connectivity index (χ3n) is 5.09. The van der Waals surface area contributed by atoms with Gasteiger partial charge < -0.3 is 20.9 Å². The largest absolute Gasteiger partial charge is 0.355 e. The van der Waals surface area contributed by atoms with Crippen LogP contribution in [0.3, 0.4) is 0 Å². The molecule has 2 saturated heterocycles. The van der Waals surface area contributed by atoms with E-state index in [4.69, 9.17) is 5.73 Å². The van der Waals surface area contributed by atoms with Gasteiger partial charge in [0.2, 0.25) is 5.91 Å². The van der Waals surface area contributed by atoms with Crippen LogP contribution in [-0.4, -0.2) is 65.7 Å². The van der Waals surface area contributed by atoms with Gasteiger partial charge in [-0.3, -0.25) is 9.59 Å². The molecule has 0 spiro atoms. The van der Waals surface area contributed by atoms with Crippen molar-refractivity contribution in [2.45, 2.75) is 44.6 Å². The topological polar surface area (TPSA) is 104 Å². The van der Waals surface area contributed by atoms with Crippen molar-refractivity contribution in [2.24, 2.45) is 5.73 Å². The number of nitrogens with one attached hydrogen (secondary N) is 1. The highest BCUT2D eigenvalue weighted by molar-refractivity contribution is 5.92. The zero-order valence-corrected chi connectivity index (χ0v) is 15.2. The molecule has 3 rings (SSSR count). The van der Waals surface area contributed by atoms with E-state index in [9.17, 15) is 9.59 Å². The molecular weight excluding hydrogens is 332 g/mol. The second kappa shape index (κ2) is 8.93. The molecule has 1 unspecified atom stereocenters. The van der Waals surface area contributed by atoms with Gasteiger partial charge in [-0.05, 0) is 44.2 Å². The van der Waals surface area contributed by atoms with E-state index >= 15 is 0 Å². The summed E-state index contributed by atoms with van der Waals surface area (Å²) in [6.07, 6.45) is 5.57. The molecule has 2 aliphatic heterocycles. The minimum absolute atomic E-state index is 0.00182. The number of carbonyl (C=O) groups excluding carboxylic acids is 2. The molecule has 2 fully saturated rings. The Hall–Kier alpha value is -2.22. The van der Waals surface area contributed by atoms with Crippen LogP contribution >= 0.6 is 0 Å². The lowest BCUT2D eigenvalue weighted by atomic mass is 10.0. The molecule has 0 saturated carbocycles. The van der Waals surface area contributed by atoms with E-state index in [1.807, 2.05) is 11.0 Å². The number of aromatic nitrogens is 2. The fraction of sp³-hybridized carbons (Fsp3) is 0.667. The molecule has 0 aromatic carbocycles. The molecular formula is C18H28N6O2. The van der Waals surface area contributed by atoms with Gasteiger partial charge in [0, 0.05) is 45.2 Å². The number of nitrogens with two attached hydrogens (primary N) is 1. The maximum Gasteiger partial charge on any atom is 0.274 e. The summed E-state index contributed by atoms with van der Waals surface area (Å²) in [5.41, 5.74) is 5.77. The molecule has 1 atom stereocenters. The Kier molecular flexibility index (Phi) is 6.38. The van der Waals surface area contributed by atoms with Crippen LogP contribution in [0.15, 0.2) is 12.1 Å². The minimum Gasteiger partial charge on any atom is -0.355 e. The number of carbonyl (C=O) groups is 2. The Morgan fingerprint density at radius 1 is 1.12 bits per heavy atom. The first-order valence-electron chi connectivity index (χ1n) is 9.55. The predicted molar refractivity (Wildman–Crippen MR) is 98.8 cm³/mol. The Labute approximate surface area is 154 Å². The van der Waals surface area contributed by atoms with Crippen LogP contribution in [0, 0.1) is 0 Å². The maximum absolute atomic E-state index is 12.9. The monoisotopic (exact) mass is 360 g/mol. The van der Waals surface area contributed by atoms with Gasteiger partial charge in [-0.1, -0.05) is 0 Å². The molecule has 3 N–H and O–H groups in total. The Balaban J connectivity index is 1.63. The third-order valence-corrected chi connectivity index (χ3v) is 5.09. The summed E-state index contributed by atoms with van der Waals surface area (Å²) < 4.78 is 0. The lowest BCUT2D eigenvalue weighted by Crippen LogP contribution is -2.49. The van der Waals surface area contributed by atoms with Crippen molar-refractivity contribution in [1.82, 2.24) is 20.4 Å². The normalized spacial score (nSPS) is 20.3. The van der Waals surface area contributed by atoms with Gasteiger partial charge in [0.1, 0.15) is 0 Å². The standard InChI is InChI=1S/C18H28N6O2/c19-9-8-17(25)20-13-14-5-1-2-12-24(14)18(26)15-6-7-16(22-21-15)23-10-3-4-11-23/h6-7,14H,1-5,8-13,19H2,(H,20,25).